The van der Waals surface area contributed by atoms with E-state index in [-0.39, 0.29) is 11.8 Å². The van der Waals surface area contributed by atoms with Crippen LogP contribution in [0.4, 0.5) is 11.6 Å². The molecule has 4 aromatic rings. The number of aliphatic hydroxyl groups is 1. The molecule has 0 amide bonds. The second-order valence-electron chi connectivity index (χ2n) is 8.64. The monoisotopic (exact) mass is 419 g/mol. The lowest BCUT2D eigenvalue weighted by atomic mass is 9.81. The van der Waals surface area contributed by atoms with Gasteiger partial charge in [0.05, 0.1) is 23.3 Å². The van der Waals surface area contributed by atoms with Crippen molar-refractivity contribution in [1.29, 1.82) is 0 Å². The Bertz CT molecular complexity index is 1350. The van der Waals surface area contributed by atoms with Crippen molar-refractivity contribution in [1.82, 2.24) is 29.1 Å². The lowest BCUT2D eigenvalue weighted by Crippen LogP contribution is -2.42. The highest BCUT2D eigenvalue weighted by atomic mass is 16.3. The fourth-order valence-electron chi connectivity index (χ4n) is 4.48. The van der Waals surface area contributed by atoms with E-state index >= 15 is 0 Å². The summed E-state index contributed by atoms with van der Waals surface area (Å²) in [5.74, 6) is 0.414. The molecule has 0 saturated heterocycles. The van der Waals surface area contributed by atoms with E-state index in [0.29, 0.717) is 30.0 Å². The normalized spacial score (nSPS) is 21.6. The zero-order valence-electron chi connectivity index (χ0n) is 17.8. The summed E-state index contributed by atoms with van der Waals surface area (Å²) in [6.07, 6.45) is 7.51. The topological polar surface area (TPSA) is 111 Å². The van der Waals surface area contributed by atoms with Crippen LogP contribution in [0.5, 0.6) is 0 Å². The number of rotatable bonds is 3. The van der Waals surface area contributed by atoms with Gasteiger partial charge in [0.25, 0.3) is 0 Å². The molecule has 9 heteroatoms. The minimum atomic E-state index is -0.393. The average Bonchev–Trinajstić information content (AvgIpc) is 3.01. The molecule has 1 aliphatic rings. The van der Waals surface area contributed by atoms with Gasteiger partial charge in [0.1, 0.15) is 5.52 Å². The first-order chi connectivity index (χ1) is 14.9. The number of fused-ring (bicyclic) bond motifs is 2. The third-order valence-electron chi connectivity index (χ3n) is 6.44. The van der Waals surface area contributed by atoms with Crippen LogP contribution < -0.4 is 11.0 Å². The van der Waals surface area contributed by atoms with Crippen molar-refractivity contribution in [2.45, 2.75) is 51.2 Å². The van der Waals surface area contributed by atoms with Gasteiger partial charge in [-0.3, -0.25) is 19.1 Å². The number of aromatic nitrogens is 6. The summed E-state index contributed by atoms with van der Waals surface area (Å²) < 4.78 is 3.37. The van der Waals surface area contributed by atoms with Gasteiger partial charge in [-0.05, 0) is 57.2 Å². The minimum absolute atomic E-state index is 0.113. The Kier molecular flexibility index (Phi) is 4.51. The number of anilines is 2. The van der Waals surface area contributed by atoms with E-state index in [1.807, 2.05) is 19.1 Å². The number of hydrogen-bond donors (Lipinski definition) is 2. The van der Waals surface area contributed by atoms with Crippen LogP contribution in [-0.2, 0) is 12.6 Å². The predicted octanol–water partition coefficient (Wildman–Crippen LogP) is 2.78. The smallest absolute Gasteiger partial charge is 0.330 e. The predicted molar refractivity (Wildman–Crippen MR) is 118 cm³/mol. The molecule has 9 nitrogen and oxygen atoms in total. The molecule has 0 bridgehead atoms. The van der Waals surface area contributed by atoms with Crippen LogP contribution in [0.3, 0.4) is 0 Å². The number of benzene rings is 1. The summed E-state index contributed by atoms with van der Waals surface area (Å²) in [6, 6.07) is 3.89. The molecule has 0 spiro atoms. The third kappa shape index (κ3) is 3.25. The van der Waals surface area contributed by atoms with Gasteiger partial charge in [0.2, 0.25) is 5.95 Å². The number of hydrogen-bond acceptors (Lipinski definition) is 7. The second kappa shape index (κ2) is 7.12. The highest BCUT2D eigenvalue weighted by molar-refractivity contribution is 5.82. The summed E-state index contributed by atoms with van der Waals surface area (Å²) >= 11 is 0. The van der Waals surface area contributed by atoms with E-state index in [4.69, 9.17) is 4.98 Å². The van der Waals surface area contributed by atoms with Crippen molar-refractivity contribution < 1.29 is 5.11 Å². The molecule has 1 aliphatic carbocycles. The summed E-state index contributed by atoms with van der Waals surface area (Å²) in [5.41, 5.74) is 4.21. The summed E-state index contributed by atoms with van der Waals surface area (Å²) in [6.45, 7) is 4.06. The average molecular weight is 419 g/mol. The van der Waals surface area contributed by atoms with Gasteiger partial charge in [0.15, 0.2) is 5.65 Å². The maximum Gasteiger partial charge on any atom is 0.330 e. The van der Waals surface area contributed by atoms with Gasteiger partial charge in [-0.1, -0.05) is 0 Å². The largest absolute Gasteiger partial charge is 0.393 e. The van der Waals surface area contributed by atoms with E-state index in [1.165, 1.54) is 0 Å². The molecule has 0 radical (unpaired) electrons. The van der Waals surface area contributed by atoms with Gasteiger partial charge >= 0.3 is 5.69 Å². The first-order valence-electron chi connectivity index (χ1n) is 10.5. The molecule has 0 aliphatic heterocycles. The van der Waals surface area contributed by atoms with Gasteiger partial charge < -0.3 is 10.4 Å². The highest BCUT2D eigenvalue weighted by Crippen LogP contribution is 2.35. The molecule has 3 heterocycles. The van der Waals surface area contributed by atoms with Crippen LogP contribution in [0.15, 0.2) is 35.5 Å². The molecule has 5 rings (SSSR count). The van der Waals surface area contributed by atoms with Crippen molar-refractivity contribution in [2.24, 2.45) is 7.05 Å². The number of aryl methyl sites for hydroxylation is 2. The van der Waals surface area contributed by atoms with Crippen LogP contribution in [0.25, 0.3) is 22.2 Å². The van der Waals surface area contributed by atoms with Crippen molar-refractivity contribution in [3.05, 3.63) is 46.8 Å². The summed E-state index contributed by atoms with van der Waals surface area (Å²) in [4.78, 5) is 31.0. The molecule has 1 aromatic carbocycles. The molecule has 1 fully saturated rings. The van der Waals surface area contributed by atoms with Crippen LogP contribution in [0.1, 0.15) is 38.2 Å². The van der Waals surface area contributed by atoms with Gasteiger partial charge in [0, 0.05) is 30.7 Å². The highest BCUT2D eigenvalue weighted by Gasteiger charge is 2.35. The van der Waals surface area contributed by atoms with E-state index in [9.17, 15) is 9.90 Å². The van der Waals surface area contributed by atoms with Crippen molar-refractivity contribution in [2.75, 3.05) is 5.32 Å². The second-order valence-corrected chi connectivity index (χ2v) is 8.64. The Labute approximate surface area is 178 Å². The third-order valence-corrected chi connectivity index (χ3v) is 6.44. The zero-order valence-corrected chi connectivity index (χ0v) is 17.8. The Hall–Kier alpha value is -3.33. The molecule has 2 N–H and O–H groups in total. The summed E-state index contributed by atoms with van der Waals surface area (Å²) in [5, 5.41) is 13.2. The standard InChI is InChI=1S/C22H25N7O2/c1-13-10-16-17(24-9-8-23-16)11-15(13)26-20-25-12-18-19(27-20)29(21(31)28(18)3)22(2)6-4-14(30)5-7-22/h8-12,14,30H,4-7H2,1-3H3,(H,25,26,27). The van der Waals surface area contributed by atoms with Crippen LogP contribution in [0.2, 0.25) is 0 Å². The van der Waals surface area contributed by atoms with E-state index in [1.54, 1.807) is 34.8 Å². The fraction of sp³-hybridized carbons (Fsp3) is 0.409. The SMILES string of the molecule is Cc1cc2nccnc2cc1Nc1ncc2c(n1)n(C1(C)CCC(O)CC1)c(=O)n2C. The van der Waals surface area contributed by atoms with Crippen molar-refractivity contribution >= 4 is 33.8 Å². The minimum Gasteiger partial charge on any atom is -0.393 e. The van der Waals surface area contributed by atoms with Gasteiger partial charge in [-0.15, -0.1) is 0 Å². The van der Waals surface area contributed by atoms with Gasteiger partial charge in [-0.2, -0.15) is 4.98 Å². The first kappa shape index (κ1) is 19.6. The van der Waals surface area contributed by atoms with E-state index < -0.39 is 5.54 Å². The Balaban J connectivity index is 1.59. The summed E-state index contributed by atoms with van der Waals surface area (Å²) in [7, 11) is 1.74. The molecule has 0 atom stereocenters. The lowest BCUT2D eigenvalue weighted by molar-refractivity contribution is 0.0757. The van der Waals surface area contributed by atoms with Crippen LogP contribution in [0, 0.1) is 6.92 Å². The number of nitrogens with zero attached hydrogens (tertiary/aromatic N) is 6. The Morgan fingerprint density at radius 3 is 2.52 bits per heavy atom. The fourth-order valence-corrected chi connectivity index (χ4v) is 4.48. The Morgan fingerprint density at radius 1 is 1.13 bits per heavy atom. The van der Waals surface area contributed by atoms with E-state index in [0.717, 1.165) is 35.1 Å². The van der Waals surface area contributed by atoms with Gasteiger partial charge in [-0.25, -0.2) is 9.78 Å². The first-order valence-corrected chi connectivity index (χ1v) is 10.5. The quantitative estimate of drug-likeness (QED) is 0.525. The molecule has 1 saturated carbocycles. The van der Waals surface area contributed by atoms with Crippen LogP contribution in [-0.4, -0.2) is 40.3 Å². The molecule has 160 valence electrons. The van der Waals surface area contributed by atoms with Crippen molar-refractivity contribution in [3.63, 3.8) is 0 Å². The molecule has 3 aromatic heterocycles. The van der Waals surface area contributed by atoms with Crippen molar-refractivity contribution in [3.8, 4) is 0 Å². The lowest BCUT2D eigenvalue weighted by Gasteiger charge is -2.36. The molecular formula is C22H25N7O2. The number of aliphatic hydroxyl groups excluding tert-OH is 1. The maximum atomic E-state index is 13.1. The Morgan fingerprint density at radius 2 is 1.81 bits per heavy atom. The zero-order chi connectivity index (χ0) is 21.8. The number of imidazole rings is 1. The van der Waals surface area contributed by atoms with Crippen LogP contribution >= 0.6 is 0 Å². The van der Waals surface area contributed by atoms with E-state index in [2.05, 4.69) is 27.2 Å². The molecular weight excluding hydrogens is 394 g/mol. The maximum absolute atomic E-state index is 13.1. The number of nitrogens with one attached hydrogen (secondary N) is 1. The molecule has 31 heavy (non-hydrogen) atoms. The molecule has 0 unspecified atom stereocenters.